The smallest absolute Gasteiger partial charge is 0.251 e. The lowest BCUT2D eigenvalue weighted by molar-refractivity contribution is 0.0877. The minimum Gasteiger partial charge on any atom is -0.345 e. The van der Waals surface area contributed by atoms with E-state index in [0.29, 0.717) is 10.5 Å². The zero-order chi connectivity index (χ0) is 16.8. The summed E-state index contributed by atoms with van der Waals surface area (Å²) in [6.07, 6.45) is 5.66. The van der Waals surface area contributed by atoms with Gasteiger partial charge in [0, 0.05) is 18.7 Å². The number of fused-ring (bicyclic) bond motifs is 2. The Hall–Kier alpha value is -1.40. The first-order valence-electron chi connectivity index (χ1n) is 8.87. The van der Waals surface area contributed by atoms with Gasteiger partial charge in [-0.3, -0.25) is 4.79 Å². The van der Waals surface area contributed by atoms with E-state index < -0.39 is 9.84 Å². The minimum absolute atomic E-state index is 0.0913. The minimum atomic E-state index is -3.22. The maximum absolute atomic E-state index is 12.6. The molecule has 0 radical (unpaired) electrons. The van der Waals surface area contributed by atoms with Gasteiger partial charge in [0.2, 0.25) is 0 Å². The number of rotatable bonds is 4. The van der Waals surface area contributed by atoms with Crippen molar-refractivity contribution in [2.45, 2.75) is 54.2 Å². The maximum atomic E-state index is 12.6. The van der Waals surface area contributed by atoms with Crippen molar-refractivity contribution in [2.24, 2.45) is 0 Å². The third-order valence-corrected chi connectivity index (χ3v) is 8.16. The van der Waals surface area contributed by atoms with E-state index in [1.807, 2.05) is 0 Å². The molecule has 0 aromatic heterocycles. The van der Waals surface area contributed by atoms with Crippen molar-refractivity contribution in [1.29, 1.82) is 0 Å². The molecule has 1 amide bonds. The van der Waals surface area contributed by atoms with Gasteiger partial charge in [0.1, 0.15) is 0 Å². The normalized spacial score (nSPS) is 29.9. The van der Waals surface area contributed by atoms with Gasteiger partial charge in [-0.1, -0.05) is 6.42 Å². The van der Waals surface area contributed by atoms with Gasteiger partial charge >= 0.3 is 0 Å². The van der Waals surface area contributed by atoms with Crippen LogP contribution in [-0.2, 0) is 9.84 Å². The molecule has 1 aromatic rings. The van der Waals surface area contributed by atoms with Crippen LogP contribution in [0.5, 0.6) is 0 Å². The summed E-state index contributed by atoms with van der Waals surface area (Å²) in [5.74, 6) is -0.0913. The first-order valence-corrected chi connectivity index (χ1v) is 10.4. The quantitative estimate of drug-likeness (QED) is 0.903. The number of carbonyl (C=O) groups is 1. The van der Waals surface area contributed by atoms with Crippen LogP contribution in [0.1, 0.15) is 48.9 Å². The number of nitrogens with one attached hydrogen (secondary N) is 1. The van der Waals surface area contributed by atoms with Gasteiger partial charge in [-0.2, -0.15) is 0 Å². The lowest BCUT2D eigenvalue weighted by Crippen LogP contribution is -2.52. The molecule has 2 aliphatic heterocycles. The Morgan fingerprint density at radius 2 is 1.83 bits per heavy atom. The molecule has 2 atom stereocenters. The van der Waals surface area contributed by atoms with Gasteiger partial charge < -0.3 is 10.2 Å². The maximum Gasteiger partial charge on any atom is 0.251 e. The van der Waals surface area contributed by atoms with Crippen LogP contribution in [-0.4, -0.2) is 49.6 Å². The standard InChI is InChI=1S/C18H24N2O3S/c21-17(19-18-9-2-11-20(13-18)12-10-18)14-5-7-16(8-6-14)24(22,23)15-3-1-4-15/h5-8,15H,1-4,9-13H2,(H,19,21). The fourth-order valence-corrected chi connectivity index (χ4v) is 6.00. The zero-order valence-electron chi connectivity index (χ0n) is 13.8. The number of hydrogen-bond acceptors (Lipinski definition) is 4. The van der Waals surface area contributed by atoms with Crippen molar-refractivity contribution in [3.05, 3.63) is 29.8 Å². The second-order valence-corrected chi connectivity index (χ2v) is 9.71. The topological polar surface area (TPSA) is 66.5 Å². The van der Waals surface area contributed by atoms with Gasteiger partial charge in [0.15, 0.2) is 9.84 Å². The highest BCUT2D eigenvalue weighted by atomic mass is 32.2. The predicted molar refractivity (Wildman–Crippen MR) is 91.8 cm³/mol. The Labute approximate surface area is 143 Å². The van der Waals surface area contributed by atoms with Crippen molar-refractivity contribution in [1.82, 2.24) is 10.2 Å². The molecule has 3 aliphatic rings. The van der Waals surface area contributed by atoms with E-state index in [1.54, 1.807) is 24.3 Å². The molecule has 6 heteroatoms. The summed E-state index contributed by atoms with van der Waals surface area (Å²) in [6, 6.07) is 6.46. The van der Waals surface area contributed by atoms with E-state index in [0.717, 1.165) is 58.2 Å². The van der Waals surface area contributed by atoms with Crippen LogP contribution in [0.3, 0.4) is 0 Å². The van der Waals surface area contributed by atoms with Crippen LogP contribution in [0, 0.1) is 0 Å². The number of carbonyl (C=O) groups excluding carboxylic acids is 1. The van der Waals surface area contributed by atoms with E-state index in [9.17, 15) is 13.2 Å². The molecule has 0 spiro atoms. The predicted octanol–water partition coefficient (Wildman–Crippen LogP) is 1.98. The first kappa shape index (κ1) is 16.1. The molecule has 130 valence electrons. The molecule has 1 N–H and O–H groups in total. The fraction of sp³-hybridized carbons (Fsp3) is 0.611. The average Bonchev–Trinajstić information content (AvgIpc) is 2.79. The fourth-order valence-electron chi connectivity index (χ4n) is 4.14. The van der Waals surface area contributed by atoms with Gasteiger partial charge in [-0.05, 0) is 62.9 Å². The lowest BCUT2D eigenvalue weighted by atomic mass is 9.90. The highest BCUT2D eigenvalue weighted by Gasteiger charge is 2.42. The molecule has 24 heavy (non-hydrogen) atoms. The Balaban J connectivity index is 1.47. The highest BCUT2D eigenvalue weighted by Crippen LogP contribution is 2.32. The van der Waals surface area contributed by atoms with Crippen molar-refractivity contribution in [3.8, 4) is 0 Å². The van der Waals surface area contributed by atoms with Crippen LogP contribution in [0.25, 0.3) is 0 Å². The van der Waals surface area contributed by atoms with E-state index >= 15 is 0 Å². The number of amides is 1. The van der Waals surface area contributed by atoms with Crippen LogP contribution in [0.15, 0.2) is 29.2 Å². The molecule has 2 saturated heterocycles. The van der Waals surface area contributed by atoms with E-state index in [2.05, 4.69) is 10.2 Å². The van der Waals surface area contributed by atoms with Gasteiger partial charge in [0.25, 0.3) is 5.91 Å². The molecular weight excluding hydrogens is 324 g/mol. The van der Waals surface area contributed by atoms with Gasteiger partial charge in [0.05, 0.1) is 15.7 Å². The van der Waals surface area contributed by atoms with Gasteiger partial charge in [-0.25, -0.2) is 8.42 Å². The first-order chi connectivity index (χ1) is 11.5. The molecule has 4 rings (SSSR count). The summed E-state index contributed by atoms with van der Waals surface area (Å²) < 4.78 is 24.8. The van der Waals surface area contributed by atoms with Crippen molar-refractivity contribution >= 4 is 15.7 Å². The molecule has 1 saturated carbocycles. The SMILES string of the molecule is O=C(NC12CCCN(CC1)C2)c1ccc(S(=O)(=O)C2CCC2)cc1. The summed E-state index contributed by atoms with van der Waals surface area (Å²) in [4.78, 5) is 15.3. The Morgan fingerprint density at radius 3 is 2.50 bits per heavy atom. The van der Waals surface area contributed by atoms with Crippen LogP contribution >= 0.6 is 0 Å². The molecular formula is C18H24N2O3S. The molecule has 1 aromatic carbocycles. The average molecular weight is 348 g/mol. The highest BCUT2D eigenvalue weighted by molar-refractivity contribution is 7.92. The summed E-state index contributed by atoms with van der Waals surface area (Å²) in [5.41, 5.74) is 0.451. The number of hydrogen-bond donors (Lipinski definition) is 1. The second kappa shape index (κ2) is 5.85. The van der Waals surface area contributed by atoms with Crippen molar-refractivity contribution in [3.63, 3.8) is 0 Å². The monoisotopic (exact) mass is 348 g/mol. The largest absolute Gasteiger partial charge is 0.345 e. The van der Waals surface area contributed by atoms with Crippen molar-refractivity contribution in [2.75, 3.05) is 19.6 Å². The Bertz CT molecular complexity index is 736. The zero-order valence-corrected chi connectivity index (χ0v) is 14.6. The summed E-state index contributed by atoms with van der Waals surface area (Å²) in [7, 11) is -3.22. The Kier molecular flexibility index (Phi) is 3.92. The van der Waals surface area contributed by atoms with E-state index in [4.69, 9.17) is 0 Å². The molecule has 5 nitrogen and oxygen atoms in total. The van der Waals surface area contributed by atoms with Gasteiger partial charge in [-0.15, -0.1) is 0 Å². The molecule has 1 aliphatic carbocycles. The number of benzene rings is 1. The van der Waals surface area contributed by atoms with Crippen LogP contribution in [0.4, 0.5) is 0 Å². The number of nitrogens with zero attached hydrogens (tertiary/aromatic N) is 1. The van der Waals surface area contributed by atoms with Crippen molar-refractivity contribution < 1.29 is 13.2 Å². The lowest BCUT2D eigenvalue weighted by Gasteiger charge is -2.34. The third-order valence-electron chi connectivity index (χ3n) is 5.88. The summed E-state index contributed by atoms with van der Waals surface area (Å²) >= 11 is 0. The molecule has 3 fully saturated rings. The number of piperidine rings is 1. The molecule has 2 bridgehead atoms. The second-order valence-electron chi connectivity index (χ2n) is 7.49. The van der Waals surface area contributed by atoms with E-state index in [1.165, 1.54) is 0 Å². The summed E-state index contributed by atoms with van der Waals surface area (Å²) in [6.45, 7) is 3.12. The van der Waals surface area contributed by atoms with Crippen LogP contribution in [0.2, 0.25) is 0 Å². The Morgan fingerprint density at radius 1 is 1.08 bits per heavy atom. The summed E-state index contributed by atoms with van der Waals surface area (Å²) in [5, 5.41) is 2.98. The number of sulfone groups is 1. The molecule has 2 heterocycles. The van der Waals surface area contributed by atoms with E-state index in [-0.39, 0.29) is 16.7 Å². The van der Waals surface area contributed by atoms with Crippen LogP contribution < -0.4 is 5.32 Å². The third kappa shape index (κ3) is 2.75. The molecule has 2 unspecified atom stereocenters.